The van der Waals surface area contributed by atoms with Crippen LogP contribution >= 0.6 is 24.4 Å². The first-order valence-corrected chi connectivity index (χ1v) is 11.6. The molecule has 2 aromatic rings. The Morgan fingerprint density at radius 2 is 1.90 bits per heavy atom. The molecule has 1 aromatic carbocycles. The normalized spacial score (nSPS) is 16.2. The van der Waals surface area contributed by atoms with Crippen molar-refractivity contribution in [1.82, 2.24) is 4.98 Å². The number of hydrogen-bond donors (Lipinski definition) is 1. The minimum Gasteiger partial charge on any atom is -0.493 e. The molecule has 3 heterocycles. The predicted octanol–water partition coefficient (Wildman–Crippen LogP) is 3.70. The van der Waals surface area contributed by atoms with Crippen LogP contribution < -0.4 is 9.64 Å². The van der Waals surface area contributed by atoms with Crippen LogP contribution in [0.1, 0.15) is 11.1 Å². The van der Waals surface area contributed by atoms with Crippen molar-refractivity contribution >= 4 is 30.2 Å². The molecule has 1 aromatic heterocycles. The summed E-state index contributed by atoms with van der Waals surface area (Å²) in [5, 5.41) is 20.5. The van der Waals surface area contributed by atoms with Crippen LogP contribution in [0.2, 0.25) is 0 Å². The maximum absolute atomic E-state index is 13.6. The van der Waals surface area contributed by atoms with Gasteiger partial charge in [0, 0.05) is 23.0 Å². The molecule has 2 aliphatic rings. The van der Waals surface area contributed by atoms with Gasteiger partial charge in [0.05, 0.1) is 38.5 Å². The van der Waals surface area contributed by atoms with Gasteiger partial charge < -0.3 is 14.4 Å². The molecule has 0 bridgehead atoms. The second kappa shape index (κ2) is 9.78. The Morgan fingerprint density at radius 1 is 1.19 bits per heavy atom. The molecule has 4 rings (SSSR count). The van der Waals surface area contributed by atoms with Gasteiger partial charge in [0.25, 0.3) is 0 Å². The number of halogens is 1. The quantitative estimate of drug-likeness (QED) is 0.479. The number of benzene rings is 1. The third-order valence-corrected chi connectivity index (χ3v) is 6.56. The Morgan fingerprint density at radius 3 is 2.45 bits per heavy atom. The summed E-state index contributed by atoms with van der Waals surface area (Å²) in [6.07, 6.45) is -0.932. The van der Waals surface area contributed by atoms with Crippen molar-refractivity contribution in [1.29, 1.82) is 10.5 Å². The van der Waals surface area contributed by atoms with Crippen LogP contribution in [-0.4, -0.2) is 55.6 Å². The van der Waals surface area contributed by atoms with E-state index in [2.05, 4.69) is 29.8 Å². The van der Waals surface area contributed by atoms with Gasteiger partial charge in [-0.05, 0) is 17.7 Å². The maximum Gasteiger partial charge on any atom is 0.148 e. The number of thioether (sulfide) groups is 1. The van der Waals surface area contributed by atoms with E-state index >= 15 is 0 Å². The first kappa shape index (κ1) is 21.8. The van der Waals surface area contributed by atoms with Crippen molar-refractivity contribution in [2.45, 2.75) is 11.2 Å². The highest BCUT2D eigenvalue weighted by atomic mass is 32.2. The van der Waals surface area contributed by atoms with Gasteiger partial charge in [0.2, 0.25) is 0 Å². The molecular formula is C22H21FN4O2S2. The van der Waals surface area contributed by atoms with E-state index in [0.717, 1.165) is 11.3 Å². The van der Waals surface area contributed by atoms with Gasteiger partial charge in [-0.25, -0.2) is 9.37 Å². The molecule has 2 fully saturated rings. The number of rotatable bonds is 8. The summed E-state index contributed by atoms with van der Waals surface area (Å²) in [5.41, 5.74) is 1.92. The molecule has 0 unspecified atom stereocenters. The third kappa shape index (κ3) is 4.59. The van der Waals surface area contributed by atoms with Crippen LogP contribution in [0.4, 0.5) is 10.2 Å². The summed E-state index contributed by atoms with van der Waals surface area (Å²) in [6.45, 7) is 2.29. The fourth-order valence-electron chi connectivity index (χ4n) is 3.44. The lowest BCUT2D eigenvalue weighted by Crippen LogP contribution is -2.49. The van der Waals surface area contributed by atoms with Gasteiger partial charge in [0.1, 0.15) is 40.5 Å². The monoisotopic (exact) mass is 456 g/mol. The van der Waals surface area contributed by atoms with Crippen molar-refractivity contribution in [2.75, 3.05) is 49.3 Å². The molecule has 2 aliphatic heterocycles. The zero-order chi connectivity index (χ0) is 21.8. The first-order valence-electron chi connectivity index (χ1n) is 9.96. The smallest absolute Gasteiger partial charge is 0.148 e. The highest BCUT2D eigenvalue weighted by molar-refractivity contribution is 7.99. The van der Waals surface area contributed by atoms with E-state index in [1.807, 2.05) is 12.1 Å². The minimum absolute atomic E-state index is 0.199. The number of anilines is 1. The summed E-state index contributed by atoms with van der Waals surface area (Å²) in [6, 6.07) is 11.7. The van der Waals surface area contributed by atoms with Crippen molar-refractivity contribution in [3.8, 4) is 29.0 Å². The topological polar surface area (TPSA) is 82.2 Å². The molecule has 0 aliphatic carbocycles. The summed E-state index contributed by atoms with van der Waals surface area (Å²) in [4.78, 5) is 6.41. The maximum atomic E-state index is 13.6. The van der Waals surface area contributed by atoms with E-state index < -0.39 is 6.17 Å². The number of hydrogen-bond acceptors (Lipinski definition) is 8. The fourth-order valence-corrected chi connectivity index (χ4v) is 4.56. The van der Waals surface area contributed by atoms with Crippen LogP contribution in [0.5, 0.6) is 5.75 Å². The van der Waals surface area contributed by atoms with E-state index in [0.29, 0.717) is 64.8 Å². The summed E-state index contributed by atoms with van der Waals surface area (Å²) in [5.74, 6) is 2.92. The Kier molecular flexibility index (Phi) is 6.86. The second-order valence-electron chi connectivity index (χ2n) is 7.40. The molecule has 31 heavy (non-hydrogen) atoms. The standard InChI is InChI=1S/C22H21FN4O2S2/c23-16-9-27(10-16)21-18(7-24)20(15-1-3-17(4-2-15)29-5-6-30)19(8-25)22(26-21)31-13-14-11-28-12-14/h1-4,14,16,30H,5-6,9-13H2. The molecule has 9 heteroatoms. The van der Waals surface area contributed by atoms with Gasteiger partial charge in [-0.3, -0.25) is 0 Å². The first-order chi connectivity index (χ1) is 15.1. The average Bonchev–Trinajstić information content (AvgIpc) is 2.73. The Bertz CT molecular complexity index is 1030. The third-order valence-electron chi connectivity index (χ3n) is 5.17. The molecule has 0 radical (unpaired) electrons. The van der Waals surface area contributed by atoms with Gasteiger partial charge in [-0.2, -0.15) is 23.2 Å². The molecule has 0 atom stereocenters. The summed E-state index contributed by atoms with van der Waals surface area (Å²) < 4.78 is 24.4. The van der Waals surface area contributed by atoms with Crippen molar-refractivity contribution in [2.24, 2.45) is 5.92 Å². The van der Waals surface area contributed by atoms with Gasteiger partial charge in [-0.15, -0.1) is 11.8 Å². The van der Waals surface area contributed by atoms with Crippen LogP contribution in [0.3, 0.4) is 0 Å². The van der Waals surface area contributed by atoms with Crippen LogP contribution in [0.25, 0.3) is 11.1 Å². The number of nitriles is 2. The lowest BCUT2D eigenvalue weighted by atomic mass is 9.95. The van der Waals surface area contributed by atoms with E-state index in [9.17, 15) is 14.9 Å². The number of nitrogens with zero attached hydrogens (tertiary/aromatic N) is 4. The number of ether oxygens (including phenoxy) is 2. The summed E-state index contributed by atoms with van der Waals surface area (Å²) >= 11 is 5.63. The van der Waals surface area contributed by atoms with Gasteiger partial charge in [-0.1, -0.05) is 12.1 Å². The molecule has 0 spiro atoms. The lowest BCUT2D eigenvalue weighted by Gasteiger charge is -2.36. The molecule has 160 valence electrons. The number of aromatic nitrogens is 1. The molecular weight excluding hydrogens is 435 g/mol. The van der Waals surface area contributed by atoms with Gasteiger partial charge in [0.15, 0.2) is 0 Å². The minimum atomic E-state index is -0.932. The number of pyridine rings is 1. The van der Waals surface area contributed by atoms with Gasteiger partial charge >= 0.3 is 0 Å². The highest BCUT2D eigenvalue weighted by Crippen LogP contribution is 2.40. The predicted molar refractivity (Wildman–Crippen MR) is 121 cm³/mol. The molecule has 0 saturated carbocycles. The second-order valence-corrected chi connectivity index (χ2v) is 8.86. The molecule has 6 nitrogen and oxygen atoms in total. The number of thiol groups is 1. The zero-order valence-electron chi connectivity index (χ0n) is 16.8. The molecule has 0 amide bonds. The zero-order valence-corrected chi connectivity index (χ0v) is 18.5. The number of alkyl halides is 1. The van der Waals surface area contributed by atoms with Crippen LogP contribution in [0, 0.1) is 28.6 Å². The lowest BCUT2D eigenvalue weighted by molar-refractivity contribution is -0.0196. The Labute approximate surface area is 190 Å². The van der Waals surface area contributed by atoms with Crippen molar-refractivity contribution in [3.63, 3.8) is 0 Å². The van der Waals surface area contributed by atoms with E-state index in [4.69, 9.17) is 9.47 Å². The molecule has 0 N–H and O–H groups in total. The Balaban J connectivity index is 1.77. The van der Waals surface area contributed by atoms with E-state index in [-0.39, 0.29) is 13.1 Å². The van der Waals surface area contributed by atoms with Crippen molar-refractivity contribution in [3.05, 3.63) is 35.4 Å². The van der Waals surface area contributed by atoms with E-state index in [1.165, 1.54) is 11.8 Å². The fraction of sp³-hybridized carbons (Fsp3) is 0.409. The average molecular weight is 457 g/mol. The highest BCUT2D eigenvalue weighted by Gasteiger charge is 2.33. The Hall–Kier alpha value is -2.46. The summed E-state index contributed by atoms with van der Waals surface area (Å²) in [7, 11) is 0. The van der Waals surface area contributed by atoms with Crippen LogP contribution in [-0.2, 0) is 4.74 Å². The van der Waals surface area contributed by atoms with Crippen molar-refractivity contribution < 1.29 is 13.9 Å². The largest absolute Gasteiger partial charge is 0.493 e. The van der Waals surface area contributed by atoms with Crippen LogP contribution in [0.15, 0.2) is 29.3 Å². The van der Waals surface area contributed by atoms with E-state index in [1.54, 1.807) is 17.0 Å². The SMILES string of the molecule is N#Cc1c(SCC2COC2)nc(N2CC(F)C2)c(C#N)c1-c1ccc(OCCS)cc1. The molecule has 2 saturated heterocycles.